The molecule has 106 valence electrons. The van der Waals surface area contributed by atoms with Gasteiger partial charge < -0.3 is 10.1 Å². The molecule has 0 aliphatic carbocycles. The van der Waals surface area contributed by atoms with E-state index >= 15 is 0 Å². The largest absolute Gasteiger partial charge is 0.372 e. The number of halogens is 1. The topological polar surface area (TPSA) is 48.3 Å². The third kappa shape index (κ3) is 2.68. The highest BCUT2D eigenvalue weighted by atomic mass is 19.1. The lowest BCUT2D eigenvalue weighted by Gasteiger charge is -2.33. The van der Waals surface area contributed by atoms with E-state index in [0.717, 1.165) is 43.9 Å². The lowest BCUT2D eigenvalue weighted by molar-refractivity contribution is 0.00276. The van der Waals surface area contributed by atoms with Crippen molar-refractivity contribution in [1.82, 2.24) is 10.2 Å². The molecule has 0 amide bonds. The Morgan fingerprint density at radius 2 is 2.20 bits per heavy atom. The number of hydrogen-bond donors (Lipinski definition) is 1. The van der Waals surface area contributed by atoms with Gasteiger partial charge in [0.1, 0.15) is 11.9 Å². The second-order valence-electron chi connectivity index (χ2n) is 5.36. The minimum Gasteiger partial charge on any atom is -0.372 e. The highest BCUT2D eigenvalue weighted by Crippen LogP contribution is 2.26. The molecule has 2 heterocycles. The zero-order valence-electron chi connectivity index (χ0n) is 11.4. The van der Waals surface area contributed by atoms with Crippen LogP contribution in [-0.2, 0) is 17.8 Å². The van der Waals surface area contributed by atoms with E-state index in [2.05, 4.69) is 10.2 Å². The van der Waals surface area contributed by atoms with Crippen LogP contribution in [0.4, 0.5) is 4.39 Å². The first kappa shape index (κ1) is 13.5. The van der Waals surface area contributed by atoms with Crippen molar-refractivity contribution in [2.75, 3.05) is 32.7 Å². The number of hydrogen-bond acceptors (Lipinski definition) is 4. The van der Waals surface area contributed by atoms with Crippen LogP contribution in [0.25, 0.3) is 0 Å². The van der Waals surface area contributed by atoms with Gasteiger partial charge in [-0.2, -0.15) is 5.26 Å². The Hall–Kier alpha value is -1.48. The number of nitrogens with one attached hydrogen (secondary N) is 1. The third-order valence-corrected chi connectivity index (χ3v) is 4.05. The van der Waals surface area contributed by atoms with Gasteiger partial charge in [0.05, 0.1) is 18.3 Å². The number of ether oxygens (including phenoxy) is 1. The Labute approximate surface area is 118 Å². The van der Waals surface area contributed by atoms with E-state index in [0.29, 0.717) is 13.0 Å². The fraction of sp³-hybridized carbons (Fsp3) is 0.533. The standard InChI is InChI=1S/C15H18FN3O/c16-15-2-1-11-10-20-12(7-13(11)14(15)8-17)9-19-5-3-18-4-6-19/h1-2,12,18H,3-7,9-10H2. The molecule has 20 heavy (non-hydrogen) atoms. The van der Waals surface area contributed by atoms with Gasteiger partial charge in [-0.1, -0.05) is 6.07 Å². The van der Waals surface area contributed by atoms with E-state index in [4.69, 9.17) is 10.00 Å². The molecule has 1 unspecified atom stereocenters. The maximum atomic E-state index is 13.7. The van der Waals surface area contributed by atoms with E-state index < -0.39 is 5.82 Å². The maximum Gasteiger partial charge on any atom is 0.141 e. The zero-order chi connectivity index (χ0) is 13.9. The maximum absolute atomic E-state index is 13.7. The summed E-state index contributed by atoms with van der Waals surface area (Å²) in [4.78, 5) is 2.36. The first-order valence-corrected chi connectivity index (χ1v) is 7.03. The quantitative estimate of drug-likeness (QED) is 0.876. The molecule has 3 rings (SSSR count). The molecule has 1 N–H and O–H groups in total. The molecule has 5 heteroatoms. The second kappa shape index (κ2) is 5.88. The summed E-state index contributed by atoms with van der Waals surface area (Å²) in [5.41, 5.74) is 1.97. The van der Waals surface area contributed by atoms with E-state index in [1.54, 1.807) is 6.07 Å². The molecule has 4 nitrogen and oxygen atoms in total. The molecule has 2 aliphatic heterocycles. The van der Waals surface area contributed by atoms with Crippen LogP contribution in [0.2, 0.25) is 0 Å². The number of rotatable bonds is 2. The minimum absolute atomic E-state index is 0.0505. The van der Waals surface area contributed by atoms with Crippen molar-refractivity contribution in [3.63, 3.8) is 0 Å². The van der Waals surface area contributed by atoms with Crippen LogP contribution in [0.1, 0.15) is 16.7 Å². The zero-order valence-corrected chi connectivity index (χ0v) is 11.4. The van der Waals surface area contributed by atoms with Gasteiger partial charge in [0, 0.05) is 39.1 Å². The average Bonchev–Trinajstić information content (AvgIpc) is 2.48. The van der Waals surface area contributed by atoms with E-state index in [1.165, 1.54) is 6.07 Å². The lowest BCUT2D eigenvalue weighted by Crippen LogP contribution is -2.47. The van der Waals surface area contributed by atoms with Crippen molar-refractivity contribution in [2.24, 2.45) is 0 Å². The first-order valence-electron chi connectivity index (χ1n) is 7.03. The molecule has 1 atom stereocenters. The summed E-state index contributed by atoms with van der Waals surface area (Å²) in [6, 6.07) is 5.08. The van der Waals surface area contributed by atoms with Crippen molar-refractivity contribution in [3.05, 3.63) is 34.6 Å². The number of piperazine rings is 1. The van der Waals surface area contributed by atoms with Crippen LogP contribution in [0.3, 0.4) is 0 Å². The molecule has 1 fully saturated rings. The van der Waals surface area contributed by atoms with Crippen LogP contribution >= 0.6 is 0 Å². The number of nitriles is 1. The van der Waals surface area contributed by atoms with Crippen LogP contribution in [-0.4, -0.2) is 43.7 Å². The molecular weight excluding hydrogens is 257 g/mol. The summed E-state index contributed by atoms with van der Waals surface area (Å²) in [7, 11) is 0. The third-order valence-electron chi connectivity index (χ3n) is 4.05. The van der Waals surface area contributed by atoms with Gasteiger partial charge in [-0.25, -0.2) is 4.39 Å². The molecule has 1 aromatic carbocycles. The summed E-state index contributed by atoms with van der Waals surface area (Å²) < 4.78 is 19.5. The van der Waals surface area contributed by atoms with Crippen LogP contribution in [0, 0.1) is 17.1 Å². The van der Waals surface area contributed by atoms with E-state index in [-0.39, 0.29) is 11.7 Å². The Morgan fingerprint density at radius 1 is 1.40 bits per heavy atom. The van der Waals surface area contributed by atoms with Crippen molar-refractivity contribution < 1.29 is 9.13 Å². The molecule has 2 aliphatic rings. The summed E-state index contributed by atoms with van der Waals surface area (Å²) in [6.07, 6.45) is 0.675. The van der Waals surface area contributed by atoms with Gasteiger partial charge in [-0.05, 0) is 17.2 Å². The van der Waals surface area contributed by atoms with Gasteiger partial charge >= 0.3 is 0 Å². The van der Waals surface area contributed by atoms with E-state index in [1.807, 2.05) is 6.07 Å². The fourth-order valence-corrected chi connectivity index (χ4v) is 2.94. The van der Waals surface area contributed by atoms with Gasteiger partial charge in [0.15, 0.2) is 0 Å². The Balaban J connectivity index is 1.74. The van der Waals surface area contributed by atoms with Crippen LogP contribution in [0.15, 0.2) is 12.1 Å². The van der Waals surface area contributed by atoms with Crippen LogP contribution in [0.5, 0.6) is 0 Å². The SMILES string of the molecule is N#Cc1c(F)ccc2c1CC(CN1CCNCC1)OC2. The van der Waals surface area contributed by atoms with Crippen molar-refractivity contribution in [3.8, 4) is 6.07 Å². The Bertz CT molecular complexity index is 535. The Morgan fingerprint density at radius 3 is 2.95 bits per heavy atom. The monoisotopic (exact) mass is 275 g/mol. The number of nitrogens with zero attached hydrogens (tertiary/aromatic N) is 2. The molecule has 0 aromatic heterocycles. The summed E-state index contributed by atoms with van der Waals surface area (Å²) in [5.74, 6) is -0.422. The second-order valence-corrected chi connectivity index (χ2v) is 5.36. The van der Waals surface area contributed by atoms with Gasteiger partial charge in [-0.15, -0.1) is 0 Å². The van der Waals surface area contributed by atoms with Crippen molar-refractivity contribution >= 4 is 0 Å². The average molecular weight is 275 g/mol. The minimum atomic E-state index is -0.422. The van der Waals surface area contributed by atoms with Crippen LogP contribution < -0.4 is 5.32 Å². The summed E-state index contributed by atoms with van der Waals surface area (Å²) >= 11 is 0. The summed E-state index contributed by atoms with van der Waals surface area (Å²) in [6.45, 7) is 5.36. The molecule has 0 bridgehead atoms. The number of fused-ring (bicyclic) bond motifs is 1. The van der Waals surface area contributed by atoms with Crippen molar-refractivity contribution in [1.29, 1.82) is 5.26 Å². The lowest BCUT2D eigenvalue weighted by atomic mass is 9.94. The first-order chi connectivity index (χ1) is 9.78. The molecule has 0 saturated carbocycles. The highest BCUT2D eigenvalue weighted by molar-refractivity contribution is 5.45. The molecular formula is C15H18FN3O. The Kier molecular flexibility index (Phi) is 3.97. The smallest absolute Gasteiger partial charge is 0.141 e. The summed E-state index contributed by atoms with van der Waals surface area (Å²) in [5, 5.41) is 12.5. The fourth-order valence-electron chi connectivity index (χ4n) is 2.94. The van der Waals surface area contributed by atoms with Crippen molar-refractivity contribution in [2.45, 2.75) is 19.1 Å². The normalized spacial score (nSPS) is 23.1. The van der Waals surface area contributed by atoms with Gasteiger partial charge in [0.2, 0.25) is 0 Å². The molecule has 1 saturated heterocycles. The number of benzene rings is 1. The van der Waals surface area contributed by atoms with Gasteiger partial charge in [0.25, 0.3) is 0 Å². The highest BCUT2D eigenvalue weighted by Gasteiger charge is 2.25. The predicted octanol–water partition coefficient (Wildman–Crippen LogP) is 1.04. The molecule has 0 spiro atoms. The molecule has 1 aromatic rings. The van der Waals surface area contributed by atoms with Gasteiger partial charge in [-0.3, -0.25) is 4.90 Å². The predicted molar refractivity (Wildman–Crippen MR) is 72.7 cm³/mol. The molecule has 0 radical (unpaired) electrons. The van der Waals surface area contributed by atoms with E-state index in [9.17, 15) is 4.39 Å².